The fraction of sp³-hybridized carbons (Fsp3) is 0.438. The molecule has 0 fully saturated rings. The molecule has 0 aliphatic carbocycles. The Balaban J connectivity index is 1.79. The lowest BCUT2D eigenvalue weighted by Gasteiger charge is -2.25. The third-order valence-electron chi connectivity index (χ3n) is 3.99. The van der Waals surface area contributed by atoms with Crippen molar-refractivity contribution in [3.05, 3.63) is 41.5 Å². The first-order chi connectivity index (χ1) is 10.6. The zero-order chi connectivity index (χ0) is 15.7. The molecule has 1 N–H and O–H groups in total. The van der Waals surface area contributed by atoms with Crippen LogP contribution in [0.2, 0.25) is 0 Å². The molecule has 0 radical (unpaired) electrons. The van der Waals surface area contributed by atoms with Crippen LogP contribution in [0.1, 0.15) is 43.6 Å². The van der Waals surface area contributed by atoms with E-state index < -0.39 is 0 Å². The van der Waals surface area contributed by atoms with E-state index in [0.717, 1.165) is 12.1 Å². The Morgan fingerprint density at radius 3 is 2.95 bits per heavy atom. The van der Waals surface area contributed by atoms with Crippen LogP contribution in [0, 0.1) is 6.92 Å². The van der Waals surface area contributed by atoms with Gasteiger partial charge in [-0.2, -0.15) is 4.98 Å². The number of benzene rings is 1. The van der Waals surface area contributed by atoms with E-state index in [2.05, 4.69) is 28.4 Å². The Hall–Kier alpha value is -2.37. The maximum absolute atomic E-state index is 12.7. The smallest absolute Gasteiger partial charge is 0.322 e. The number of carbonyl (C=O) groups excluding carboxylic acids is 1. The molecule has 3 rings (SSSR count). The molecule has 116 valence electrons. The van der Waals surface area contributed by atoms with Gasteiger partial charge < -0.3 is 9.84 Å². The van der Waals surface area contributed by atoms with Crippen molar-refractivity contribution in [1.29, 1.82) is 0 Å². The standard InChI is InChI=1S/C16H20N4O2/c1-4-13(15-17-11(3)22-19-15)18-16(21)20-10(2)9-12-7-5-6-8-14(12)20/h5-8,10,13H,4,9H2,1-3H3,(H,18,21)/t10-,13+/m0/s1. The van der Waals surface area contributed by atoms with Gasteiger partial charge in [-0.25, -0.2) is 4.79 Å². The molecule has 6 heteroatoms. The van der Waals surface area contributed by atoms with Gasteiger partial charge in [-0.15, -0.1) is 0 Å². The van der Waals surface area contributed by atoms with Crippen LogP contribution in [0.4, 0.5) is 10.5 Å². The summed E-state index contributed by atoms with van der Waals surface area (Å²) in [5, 5.41) is 6.92. The Morgan fingerprint density at radius 1 is 1.50 bits per heavy atom. The molecule has 0 bridgehead atoms. The summed E-state index contributed by atoms with van der Waals surface area (Å²) >= 11 is 0. The van der Waals surface area contributed by atoms with Crippen LogP contribution in [-0.4, -0.2) is 22.2 Å². The second-order valence-electron chi connectivity index (χ2n) is 5.63. The van der Waals surface area contributed by atoms with E-state index in [0.29, 0.717) is 18.1 Å². The number of aromatic nitrogens is 2. The molecular formula is C16H20N4O2. The average Bonchev–Trinajstić information content (AvgIpc) is 3.07. The minimum atomic E-state index is -0.245. The summed E-state index contributed by atoms with van der Waals surface area (Å²) in [4.78, 5) is 18.7. The number of aryl methyl sites for hydroxylation is 1. The minimum Gasteiger partial charge on any atom is -0.340 e. The van der Waals surface area contributed by atoms with Gasteiger partial charge in [0.25, 0.3) is 0 Å². The van der Waals surface area contributed by atoms with Crippen molar-refractivity contribution in [1.82, 2.24) is 15.5 Å². The molecule has 1 aliphatic heterocycles. The van der Waals surface area contributed by atoms with Crippen LogP contribution in [0.25, 0.3) is 0 Å². The van der Waals surface area contributed by atoms with E-state index in [-0.39, 0.29) is 18.1 Å². The van der Waals surface area contributed by atoms with Crippen LogP contribution < -0.4 is 10.2 Å². The van der Waals surface area contributed by atoms with Gasteiger partial charge in [-0.3, -0.25) is 4.90 Å². The van der Waals surface area contributed by atoms with Crippen LogP contribution in [-0.2, 0) is 6.42 Å². The Morgan fingerprint density at radius 2 is 2.27 bits per heavy atom. The zero-order valence-corrected chi connectivity index (χ0v) is 13.0. The molecule has 0 spiro atoms. The summed E-state index contributed by atoms with van der Waals surface area (Å²) in [6.45, 7) is 5.78. The van der Waals surface area contributed by atoms with Gasteiger partial charge in [0.1, 0.15) is 0 Å². The zero-order valence-electron chi connectivity index (χ0n) is 13.0. The number of amides is 2. The Kier molecular flexibility index (Phi) is 3.83. The van der Waals surface area contributed by atoms with Crippen molar-refractivity contribution in [2.24, 2.45) is 0 Å². The number of anilines is 1. The van der Waals surface area contributed by atoms with Gasteiger partial charge in [-0.05, 0) is 31.4 Å². The molecule has 2 aromatic rings. The lowest BCUT2D eigenvalue weighted by molar-refractivity contribution is 0.240. The summed E-state index contributed by atoms with van der Waals surface area (Å²) in [5.74, 6) is 1.02. The van der Waals surface area contributed by atoms with E-state index in [1.54, 1.807) is 6.92 Å². The fourth-order valence-electron chi connectivity index (χ4n) is 2.90. The third kappa shape index (κ3) is 2.56. The molecule has 1 aromatic heterocycles. The molecule has 0 unspecified atom stereocenters. The van der Waals surface area contributed by atoms with Crippen molar-refractivity contribution in [3.63, 3.8) is 0 Å². The van der Waals surface area contributed by atoms with Gasteiger partial charge in [0.2, 0.25) is 5.89 Å². The predicted molar refractivity (Wildman–Crippen MR) is 82.7 cm³/mol. The summed E-state index contributed by atoms with van der Waals surface area (Å²) in [7, 11) is 0. The summed E-state index contributed by atoms with van der Waals surface area (Å²) in [6.07, 6.45) is 1.58. The van der Waals surface area contributed by atoms with Crippen LogP contribution in [0.15, 0.2) is 28.8 Å². The molecule has 1 aromatic carbocycles. The number of nitrogens with one attached hydrogen (secondary N) is 1. The van der Waals surface area contributed by atoms with Gasteiger partial charge >= 0.3 is 6.03 Å². The van der Waals surface area contributed by atoms with Crippen LogP contribution in [0.5, 0.6) is 0 Å². The van der Waals surface area contributed by atoms with Crippen molar-refractivity contribution in [3.8, 4) is 0 Å². The summed E-state index contributed by atoms with van der Waals surface area (Å²) in [6, 6.07) is 7.79. The van der Waals surface area contributed by atoms with Gasteiger partial charge in [-0.1, -0.05) is 30.3 Å². The molecule has 22 heavy (non-hydrogen) atoms. The monoisotopic (exact) mass is 300 g/mol. The third-order valence-corrected chi connectivity index (χ3v) is 3.99. The molecule has 2 heterocycles. The van der Waals surface area contributed by atoms with E-state index in [1.165, 1.54) is 5.56 Å². The van der Waals surface area contributed by atoms with E-state index >= 15 is 0 Å². The lowest BCUT2D eigenvalue weighted by Crippen LogP contribution is -2.44. The number of para-hydroxylation sites is 1. The molecule has 6 nitrogen and oxygen atoms in total. The number of fused-ring (bicyclic) bond motifs is 1. The Bertz CT molecular complexity index is 682. The molecular weight excluding hydrogens is 280 g/mol. The second kappa shape index (κ2) is 5.79. The van der Waals surface area contributed by atoms with Crippen LogP contribution in [0.3, 0.4) is 0 Å². The first-order valence-electron chi connectivity index (χ1n) is 7.58. The summed E-state index contributed by atoms with van der Waals surface area (Å²) in [5.41, 5.74) is 2.18. The fourth-order valence-corrected chi connectivity index (χ4v) is 2.90. The van der Waals surface area contributed by atoms with E-state index in [4.69, 9.17) is 4.52 Å². The highest BCUT2D eigenvalue weighted by Gasteiger charge is 2.32. The highest BCUT2D eigenvalue weighted by Crippen LogP contribution is 2.32. The van der Waals surface area contributed by atoms with Gasteiger partial charge in [0.05, 0.1) is 6.04 Å². The molecule has 0 saturated heterocycles. The number of urea groups is 1. The predicted octanol–water partition coefficient (Wildman–Crippen LogP) is 2.99. The average molecular weight is 300 g/mol. The minimum absolute atomic E-state index is 0.119. The van der Waals surface area contributed by atoms with Crippen molar-refractivity contribution >= 4 is 11.7 Å². The largest absolute Gasteiger partial charge is 0.340 e. The lowest BCUT2D eigenvalue weighted by atomic mass is 10.1. The normalized spacial score (nSPS) is 18.1. The second-order valence-corrected chi connectivity index (χ2v) is 5.63. The maximum Gasteiger partial charge on any atom is 0.322 e. The van der Waals surface area contributed by atoms with E-state index in [1.807, 2.05) is 30.0 Å². The number of rotatable bonds is 3. The molecule has 2 amide bonds. The van der Waals surface area contributed by atoms with E-state index in [9.17, 15) is 4.79 Å². The summed E-state index contributed by atoms with van der Waals surface area (Å²) < 4.78 is 5.01. The first kappa shape index (κ1) is 14.6. The number of carbonyl (C=O) groups is 1. The van der Waals surface area contributed by atoms with Gasteiger partial charge in [0.15, 0.2) is 5.82 Å². The molecule has 1 aliphatic rings. The van der Waals surface area contributed by atoms with Crippen LogP contribution >= 0.6 is 0 Å². The highest BCUT2D eigenvalue weighted by molar-refractivity contribution is 5.95. The highest BCUT2D eigenvalue weighted by atomic mass is 16.5. The number of nitrogens with zero attached hydrogens (tertiary/aromatic N) is 3. The Labute approximate surface area is 129 Å². The number of hydrogen-bond donors (Lipinski definition) is 1. The SMILES string of the molecule is CC[C@@H](NC(=O)N1c2ccccc2C[C@@H]1C)c1noc(C)n1. The van der Waals surface area contributed by atoms with Crippen molar-refractivity contribution in [2.45, 2.75) is 45.7 Å². The van der Waals surface area contributed by atoms with Crippen molar-refractivity contribution in [2.75, 3.05) is 4.90 Å². The quantitative estimate of drug-likeness (QED) is 0.946. The molecule has 2 atom stereocenters. The van der Waals surface area contributed by atoms with Gasteiger partial charge in [0, 0.05) is 18.7 Å². The maximum atomic E-state index is 12.7. The first-order valence-corrected chi connectivity index (χ1v) is 7.58. The van der Waals surface area contributed by atoms with Crippen molar-refractivity contribution < 1.29 is 9.32 Å². The number of hydrogen-bond acceptors (Lipinski definition) is 4. The molecule has 0 saturated carbocycles. The topological polar surface area (TPSA) is 71.3 Å².